The zero-order valence-electron chi connectivity index (χ0n) is 21.6. The molecule has 9 heteroatoms. The van der Waals surface area contributed by atoms with Crippen LogP contribution in [0, 0.1) is 17.8 Å². The molecule has 33 heavy (non-hydrogen) atoms. The van der Waals surface area contributed by atoms with Gasteiger partial charge in [-0.05, 0) is 38.5 Å². The quantitative estimate of drug-likeness (QED) is 0.160. The van der Waals surface area contributed by atoms with E-state index < -0.39 is 17.9 Å². The number of hydrogen-bond donors (Lipinski definition) is 3. The summed E-state index contributed by atoms with van der Waals surface area (Å²) >= 11 is 0. The fraction of sp³-hybridized carbons (Fsp3) is 0.875. The van der Waals surface area contributed by atoms with Crippen LogP contribution < -0.4 is 0 Å². The molecular formula is C24H48Nb3O6. The normalized spacial score (nSPS) is 11.8. The third-order valence-corrected chi connectivity index (χ3v) is 5.24. The first-order valence-corrected chi connectivity index (χ1v) is 11.8. The standard InChI is InChI=1S/3C8H16O2.3Nb/c3*1-3-5-6-7(4-2)8(9)10;;;/h3*7H,3-6H2,1-2H3,(H,9,10);;;. The summed E-state index contributed by atoms with van der Waals surface area (Å²) < 4.78 is 0. The number of carbonyl (C=O) groups is 3. The molecule has 3 unspecified atom stereocenters. The molecule has 0 aliphatic rings. The Kier molecular flexibility index (Phi) is 49.5. The van der Waals surface area contributed by atoms with Gasteiger partial charge in [0.15, 0.2) is 0 Å². The number of hydrogen-bond acceptors (Lipinski definition) is 3. The zero-order chi connectivity index (χ0) is 23.9. The fourth-order valence-corrected chi connectivity index (χ4v) is 2.86. The predicted molar refractivity (Wildman–Crippen MR) is 123 cm³/mol. The summed E-state index contributed by atoms with van der Waals surface area (Å²) in [7, 11) is 0. The summed E-state index contributed by atoms with van der Waals surface area (Å²) in [6.07, 6.45) is 11.1. The smallest absolute Gasteiger partial charge is 0.306 e. The van der Waals surface area contributed by atoms with Gasteiger partial charge in [0.2, 0.25) is 0 Å². The van der Waals surface area contributed by atoms with Gasteiger partial charge in [0.1, 0.15) is 0 Å². The van der Waals surface area contributed by atoms with Crippen LogP contribution in [0.4, 0.5) is 0 Å². The van der Waals surface area contributed by atoms with Gasteiger partial charge >= 0.3 is 17.9 Å². The van der Waals surface area contributed by atoms with E-state index in [4.69, 9.17) is 15.3 Å². The van der Waals surface area contributed by atoms with Gasteiger partial charge in [0, 0.05) is 67.1 Å². The van der Waals surface area contributed by atoms with Crippen LogP contribution in [0.1, 0.15) is 119 Å². The second kappa shape index (κ2) is 34.8. The summed E-state index contributed by atoms with van der Waals surface area (Å²) in [4.78, 5) is 31.3. The van der Waals surface area contributed by atoms with Gasteiger partial charge in [-0.3, -0.25) is 14.4 Å². The van der Waals surface area contributed by atoms with Crippen molar-refractivity contribution in [1.82, 2.24) is 0 Å². The average molecular weight is 711 g/mol. The van der Waals surface area contributed by atoms with Crippen LogP contribution in [0.3, 0.4) is 0 Å². The molecule has 195 valence electrons. The first kappa shape index (κ1) is 46.9. The minimum absolute atomic E-state index is 0. The van der Waals surface area contributed by atoms with E-state index in [-0.39, 0.29) is 84.9 Å². The van der Waals surface area contributed by atoms with Crippen LogP contribution in [-0.4, -0.2) is 33.2 Å². The van der Waals surface area contributed by atoms with Crippen LogP contribution in [0.15, 0.2) is 0 Å². The number of carboxylic acids is 3. The Labute approximate surface area is 249 Å². The third kappa shape index (κ3) is 32.6. The molecule has 0 aromatic carbocycles. The minimum Gasteiger partial charge on any atom is -0.481 e. The Morgan fingerprint density at radius 3 is 0.758 bits per heavy atom. The van der Waals surface area contributed by atoms with E-state index in [0.29, 0.717) is 0 Å². The first-order valence-electron chi connectivity index (χ1n) is 11.8. The number of carboxylic acid groups (broad SMARTS) is 3. The number of unbranched alkanes of at least 4 members (excludes halogenated alkanes) is 3. The van der Waals surface area contributed by atoms with E-state index in [1.54, 1.807) is 0 Å². The predicted octanol–water partition coefficient (Wildman–Crippen LogP) is 6.85. The van der Waals surface area contributed by atoms with E-state index in [1.165, 1.54) is 0 Å². The molecule has 0 aromatic rings. The SMILES string of the molecule is CCCCC(CC)C(=O)O.CCCCC(CC)C(=O)O.CCCCC(CC)C(=O)O.[Nb].[Nb].[Nb]. The van der Waals surface area contributed by atoms with Crippen LogP contribution in [0.2, 0.25) is 0 Å². The molecule has 0 rings (SSSR count). The third-order valence-electron chi connectivity index (χ3n) is 5.24. The average Bonchev–Trinajstić information content (AvgIpc) is 2.70. The van der Waals surface area contributed by atoms with E-state index in [2.05, 4.69) is 20.8 Å². The van der Waals surface area contributed by atoms with Crippen LogP contribution in [-0.2, 0) is 81.5 Å². The molecule has 0 amide bonds. The molecule has 3 radical (unpaired) electrons. The maximum absolute atomic E-state index is 10.4. The molecule has 0 heterocycles. The molecule has 0 aromatic heterocycles. The van der Waals surface area contributed by atoms with Crippen molar-refractivity contribution >= 4 is 17.9 Å². The van der Waals surface area contributed by atoms with Crippen molar-refractivity contribution in [1.29, 1.82) is 0 Å². The summed E-state index contributed by atoms with van der Waals surface area (Å²) in [6, 6.07) is 0. The van der Waals surface area contributed by atoms with Crippen molar-refractivity contribution in [2.45, 2.75) is 119 Å². The van der Waals surface area contributed by atoms with Gasteiger partial charge < -0.3 is 15.3 Å². The second-order valence-electron chi connectivity index (χ2n) is 7.76. The molecule has 6 nitrogen and oxygen atoms in total. The summed E-state index contributed by atoms with van der Waals surface area (Å²) in [6.45, 7) is 12.0. The van der Waals surface area contributed by atoms with Crippen LogP contribution >= 0.6 is 0 Å². The number of aliphatic carboxylic acids is 3. The van der Waals surface area contributed by atoms with E-state index >= 15 is 0 Å². The van der Waals surface area contributed by atoms with Crippen molar-refractivity contribution < 1.29 is 96.8 Å². The monoisotopic (exact) mass is 711 g/mol. The Morgan fingerprint density at radius 1 is 0.485 bits per heavy atom. The molecule has 3 atom stereocenters. The fourth-order valence-electron chi connectivity index (χ4n) is 2.86. The Balaban J connectivity index is -0.0000000792. The topological polar surface area (TPSA) is 112 Å². The molecule has 3 N–H and O–H groups in total. The second-order valence-corrected chi connectivity index (χ2v) is 7.76. The van der Waals surface area contributed by atoms with Gasteiger partial charge in [-0.1, -0.05) is 80.1 Å². The molecule has 0 bridgehead atoms. The number of rotatable bonds is 15. The maximum atomic E-state index is 10.4. The summed E-state index contributed by atoms with van der Waals surface area (Å²) in [5.74, 6) is -2.26. The first-order chi connectivity index (χ1) is 14.2. The van der Waals surface area contributed by atoms with Crippen molar-refractivity contribution in [2.24, 2.45) is 17.8 Å². The van der Waals surface area contributed by atoms with Crippen molar-refractivity contribution in [2.75, 3.05) is 0 Å². The van der Waals surface area contributed by atoms with Crippen LogP contribution in [0.25, 0.3) is 0 Å². The van der Waals surface area contributed by atoms with Crippen molar-refractivity contribution in [3.63, 3.8) is 0 Å². The minimum atomic E-state index is -0.643. The van der Waals surface area contributed by atoms with E-state index in [9.17, 15) is 14.4 Å². The Bertz CT molecular complexity index is 375. The molecule has 0 aliphatic heterocycles. The zero-order valence-corrected chi connectivity index (χ0v) is 28.2. The largest absolute Gasteiger partial charge is 0.481 e. The van der Waals surface area contributed by atoms with Crippen LogP contribution in [0.5, 0.6) is 0 Å². The van der Waals surface area contributed by atoms with E-state index in [1.807, 2.05) is 20.8 Å². The van der Waals surface area contributed by atoms with Gasteiger partial charge in [0.05, 0.1) is 17.8 Å². The molecule has 0 fully saturated rings. The van der Waals surface area contributed by atoms with Gasteiger partial charge in [0.25, 0.3) is 0 Å². The maximum Gasteiger partial charge on any atom is 0.306 e. The summed E-state index contributed by atoms with van der Waals surface area (Å²) in [5.41, 5.74) is 0. The molecule has 0 spiro atoms. The van der Waals surface area contributed by atoms with Gasteiger partial charge in [-0.15, -0.1) is 0 Å². The molecular weight excluding hydrogens is 663 g/mol. The molecule has 0 saturated heterocycles. The Hall–Kier alpha value is 0.631. The Morgan fingerprint density at radius 2 is 0.667 bits per heavy atom. The van der Waals surface area contributed by atoms with Crippen molar-refractivity contribution in [3.8, 4) is 0 Å². The van der Waals surface area contributed by atoms with E-state index in [0.717, 1.165) is 77.0 Å². The van der Waals surface area contributed by atoms with Crippen molar-refractivity contribution in [3.05, 3.63) is 0 Å². The van der Waals surface area contributed by atoms with Gasteiger partial charge in [-0.2, -0.15) is 0 Å². The molecule has 0 saturated carbocycles. The molecule has 0 aliphatic carbocycles. The van der Waals surface area contributed by atoms with Gasteiger partial charge in [-0.25, -0.2) is 0 Å². The summed E-state index contributed by atoms with van der Waals surface area (Å²) in [5, 5.41) is 25.8.